The Kier molecular flexibility index (Phi) is 3.74. The van der Waals surface area contributed by atoms with Crippen LogP contribution in [0.1, 0.15) is 29.3 Å². The normalized spacial score (nSPS) is 21.3. The highest BCUT2D eigenvalue weighted by Crippen LogP contribution is 2.30. The molecule has 1 aromatic carbocycles. The van der Waals surface area contributed by atoms with E-state index in [9.17, 15) is 4.79 Å². The van der Waals surface area contributed by atoms with Crippen molar-refractivity contribution < 1.29 is 4.79 Å². The molecule has 0 aliphatic carbocycles. The molecule has 3 rings (SSSR count). The maximum Gasteiger partial charge on any atom is 0.256 e. The van der Waals surface area contributed by atoms with Crippen LogP contribution >= 0.6 is 0 Å². The Labute approximate surface area is 130 Å². The molecule has 1 atom stereocenters. The van der Waals surface area contributed by atoms with Gasteiger partial charge in [-0.25, -0.2) is 4.98 Å². The van der Waals surface area contributed by atoms with E-state index in [4.69, 9.17) is 5.73 Å². The number of aromatic nitrogens is 2. The van der Waals surface area contributed by atoms with Gasteiger partial charge in [-0.1, -0.05) is 18.6 Å². The SMILES string of the molecule is Cc1ccc(-n2ccnc2)c(C(=O)N2CCC(C)(CN)C2)c1. The van der Waals surface area contributed by atoms with E-state index in [-0.39, 0.29) is 11.3 Å². The molecule has 2 heterocycles. The molecular weight excluding hydrogens is 276 g/mol. The molecule has 0 spiro atoms. The van der Waals surface area contributed by atoms with Gasteiger partial charge in [-0.05, 0) is 37.4 Å². The fraction of sp³-hybridized carbons (Fsp3) is 0.412. The molecule has 1 aromatic heterocycles. The molecule has 1 saturated heterocycles. The highest BCUT2D eigenvalue weighted by atomic mass is 16.2. The van der Waals surface area contributed by atoms with E-state index in [2.05, 4.69) is 11.9 Å². The molecule has 0 bridgehead atoms. The largest absolute Gasteiger partial charge is 0.338 e. The molecule has 1 aliphatic heterocycles. The monoisotopic (exact) mass is 298 g/mol. The summed E-state index contributed by atoms with van der Waals surface area (Å²) in [7, 11) is 0. The van der Waals surface area contributed by atoms with Crippen LogP contribution in [0.4, 0.5) is 0 Å². The third-order valence-corrected chi connectivity index (χ3v) is 4.50. The van der Waals surface area contributed by atoms with E-state index in [0.29, 0.717) is 6.54 Å². The van der Waals surface area contributed by atoms with Gasteiger partial charge in [-0.15, -0.1) is 0 Å². The summed E-state index contributed by atoms with van der Waals surface area (Å²) in [5.41, 5.74) is 8.55. The van der Waals surface area contributed by atoms with Crippen LogP contribution in [-0.4, -0.2) is 40.0 Å². The summed E-state index contributed by atoms with van der Waals surface area (Å²) in [4.78, 5) is 19.0. The number of carbonyl (C=O) groups excluding carboxylic acids is 1. The number of carbonyl (C=O) groups is 1. The van der Waals surface area contributed by atoms with Crippen LogP contribution < -0.4 is 5.73 Å². The number of imidazole rings is 1. The number of nitrogens with zero attached hydrogens (tertiary/aromatic N) is 3. The molecule has 2 aromatic rings. The molecule has 0 saturated carbocycles. The van der Waals surface area contributed by atoms with Gasteiger partial charge in [0.25, 0.3) is 5.91 Å². The van der Waals surface area contributed by atoms with Crippen LogP contribution in [0.3, 0.4) is 0 Å². The van der Waals surface area contributed by atoms with Crippen molar-refractivity contribution in [3.63, 3.8) is 0 Å². The molecule has 5 nitrogen and oxygen atoms in total. The lowest BCUT2D eigenvalue weighted by molar-refractivity contribution is 0.0777. The van der Waals surface area contributed by atoms with Crippen molar-refractivity contribution in [3.05, 3.63) is 48.0 Å². The smallest absolute Gasteiger partial charge is 0.256 e. The zero-order chi connectivity index (χ0) is 15.7. The van der Waals surface area contributed by atoms with Gasteiger partial charge in [0.2, 0.25) is 0 Å². The van der Waals surface area contributed by atoms with Gasteiger partial charge in [-0.2, -0.15) is 0 Å². The number of hydrogen-bond acceptors (Lipinski definition) is 3. The van der Waals surface area contributed by atoms with Crippen LogP contribution in [0.5, 0.6) is 0 Å². The first-order valence-electron chi connectivity index (χ1n) is 7.61. The number of benzene rings is 1. The quantitative estimate of drug-likeness (QED) is 0.942. The lowest BCUT2D eigenvalue weighted by Gasteiger charge is -2.23. The second-order valence-corrected chi connectivity index (χ2v) is 6.48. The summed E-state index contributed by atoms with van der Waals surface area (Å²) in [6.07, 6.45) is 6.25. The zero-order valence-corrected chi connectivity index (χ0v) is 13.1. The van der Waals surface area contributed by atoms with E-state index in [0.717, 1.165) is 36.3 Å². The molecular formula is C17H22N4O. The molecule has 116 valence electrons. The number of nitrogens with two attached hydrogens (primary N) is 1. The molecule has 1 unspecified atom stereocenters. The van der Waals surface area contributed by atoms with Gasteiger partial charge in [0.05, 0.1) is 17.6 Å². The third-order valence-electron chi connectivity index (χ3n) is 4.50. The average Bonchev–Trinajstić information content (AvgIpc) is 3.17. The minimum absolute atomic E-state index is 0.0364. The standard InChI is InChI=1S/C17H22N4O/c1-13-3-4-15(21-8-6-19-12-21)14(9-13)16(22)20-7-5-17(2,10-18)11-20/h3-4,6,8-9,12H,5,7,10-11,18H2,1-2H3. The Morgan fingerprint density at radius 2 is 2.27 bits per heavy atom. The van der Waals surface area contributed by atoms with Crippen LogP contribution in [0.15, 0.2) is 36.9 Å². The maximum absolute atomic E-state index is 13.0. The van der Waals surface area contributed by atoms with E-state index in [1.807, 2.05) is 40.8 Å². The second kappa shape index (κ2) is 5.57. The van der Waals surface area contributed by atoms with Crippen LogP contribution in [-0.2, 0) is 0 Å². The van der Waals surface area contributed by atoms with Gasteiger partial charge in [0, 0.05) is 25.5 Å². The van der Waals surface area contributed by atoms with Crippen molar-refractivity contribution >= 4 is 5.91 Å². The molecule has 22 heavy (non-hydrogen) atoms. The van der Waals surface area contributed by atoms with Crippen LogP contribution in [0.25, 0.3) is 5.69 Å². The summed E-state index contributed by atoms with van der Waals surface area (Å²) >= 11 is 0. The summed E-state index contributed by atoms with van der Waals surface area (Å²) in [6, 6.07) is 5.94. The predicted molar refractivity (Wildman–Crippen MR) is 86.0 cm³/mol. The van der Waals surface area contributed by atoms with Crippen molar-refractivity contribution in [3.8, 4) is 5.69 Å². The van der Waals surface area contributed by atoms with E-state index < -0.39 is 0 Å². The first kappa shape index (κ1) is 14.8. The fourth-order valence-electron chi connectivity index (χ4n) is 2.98. The van der Waals surface area contributed by atoms with Crippen LogP contribution in [0.2, 0.25) is 0 Å². The molecule has 5 heteroatoms. The summed E-state index contributed by atoms with van der Waals surface area (Å²) < 4.78 is 1.88. The molecule has 1 amide bonds. The number of rotatable bonds is 3. The summed E-state index contributed by atoms with van der Waals surface area (Å²) in [5, 5.41) is 0. The fourth-order valence-corrected chi connectivity index (χ4v) is 2.98. The van der Waals surface area contributed by atoms with Crippen LogP contribution in [0, 0.1) is 12.3 Å². The highest BCUT2D eigenvalue weighted by Gasteiger charge is 2.35. The Bertz CT molecular complexity index is 680. The van der Waals surface area contributed by atoms with Gasteiger partial charge < -0.3 is 15.2 Å². The van der Waals surface area contributed by atoms with Crippen molar-refractivity contribution in [2.45, 2.75) is 20.3 Å². The Morgan fingerprint density at radius 1 is 1.45 bits per heavy atom. The van der Waals surface area contributed by atoms with E-state index in [1.54, 1.807) is 12.5 Å². The average molecular weight is 298 g/mol. The lowest BCUT2D eigenvalue weighted by Crippen LogP contribution is -2.34. The summed E-state index contributed by atoms with van der Waals surface area (Å²) in [5.74, 6) is 0.0737. The number of aryl methyl sites for hydroxylation is 1. The second-order valence-electron chi connectivity index (χ2n) is 6.48. The van der Waals surface area contributed by atoms with Gasteiger partial charge >= 0.3 is 0 Å². The minimum Gasteiger partial charge on any atom is -0.338 e. The number of hydrogen-bond donors (Lipinski definition) is 1. The lowest BCUT2D eigenvalue weighted by atomic mass is 9.90. The molecule has 2 N–H and O–H groups in total. The molecule has 1 fully saturated rings. The first-order chi connectivity index (χ1) is 10.5. The van der Waals surface area contributed by atoms with Crippen molar-refractivity contribution in [1.82, 2.24) is 14.5 Å². The number of likely N-dealkylation sites (tertiary alicyclic amines) is 1. The molecule has 1 aliphatic rings. The molecule has 0 radical (unpaired) electrons. The minimum atomic E-state index is 0.0364. The Balaban J connectivity index is 1.94. The predicted octanol–water partition coefficient (Wildman–Crippen LogP) is 1.99. The third kappa shape index (κ3) is 2.64. The van der Waals surface area contributed by atoms with Gasteiger partial charge in [-0.3, -0.25) is 4.79 Å². The first-order valence-corrected chi connectivity index (χ1v) is 7.61. The van der Waals surface area contributed by atoms with Crippen molar-refractivity contribution in [2.75, 3.05) is 19.6 Å². The zero-order valence-electron chi connectivity index (χ0n) is 13.1. The number of amides is 1. The van der Waals surface area contributed by atoms with E-state index >= 15 is 0 Å². The topological polar surface area (TPSA) is 64.2 Å². The van der Waals surface area contributed by atoms with Crippen molar-refractivity contribution in [1.29, 1.82) is 0 Å². The van der Waals surface area contributed by atoms with Crippen molar-refractivity contribution in [2.24, 2.45) is 11.1 Å². The van der Waals surface area contributed by atoms with Gasteiger partial charge in [0.1, 0.15) is 0 Å². The Hall–Kier alpha value is -2.14. The van der Waals surface area contributed by atoms with Gasteiger partial charge in [0.15, 0.2) is 0 Å². The summed E-state index contributed by atoms with van der Waals surface area (Å²) in [6.45, 7) is 6.25. The Morgan fingerprint density at radius 3 is 2.91 bits per heavy atom. The highest BCUT2D eigenvalue weighted by molar-refractivity contribution is 5.98. The maximum atomic E-state index is 13.0. The van der Waals surface area contributed by atoms with E-state index in [1.165, 1.54) is 0 Å².